The van der Waals surface area contributed by atoms with E-state index in [1.165, 1.54) is 6.07 Å². The van der Waals surface area contributed by atoms with Gasteiger partial charge in [0.05, 0.1) is 4.92 Å². The summed E-state index contributed by atoms with van der Waals surface area (Å²) in [5.41, 5.74) is 0.839. The molecule has 0 amide bonds. The Hall–Kier alpha value is -1.69. The SMILES string of the molecule is CCN1CCC(CNc2nc(C)ccc2[N+](=O)[O-])C1. The average Bonchev–Trinajstić information content (AvgIpc) is 2.84. The molecule has 1 atom stereocenters. The number of rotatable bonds is 5. The molecule has 0 saturated carbocycles. The van der Waals surface area contributed by atoms with Crippen LogP contribution in [0.15, 0.2) is 12.1 Å². The molecule has 0 radical (unpaired) electrons. The molecular formula is C13H20N4O2. The van der Waals surface area contributed by atoms with Gasteiger partial charge in [-0.1, -0.05) is 6.92 Å². The summed E-state index contributed by atoms with van der Waals surface area (Å²) in [6.07, 6.45) is 1.14. The van der Waals surface area contributed by atoms with Gasteiger partial charge in [-0.05, 0) is 38.4 Å². The quantitative estimate of drug-likeness (QED) is 0.651. The second-order valence-corrected chi connectivity index (χ2v) is 5.01. The molecule has 1 saturated heterocycles. The minimum Gasteiger partial charge on any atom is -0.364 e. The van der Waals surface area contributed by atoms with Crippen LogP contribution >= 0.6 is 0 Å². The summed E-state index contributed by atoms with van der Waals surface area (Å²) in [6.45, 7) is 7.98. The minimum atomic E-state index is -0.387. The number of likely N-dealkylation sites (tertiary alicyclic amines) is 1. The Morgan fingerprint density at radius 1 is 1.58 bits per heavy atom. The molecular weight excluding hydrogens is 244 g/mol. The van der Waals surface area contributed by atoms with E-state index in [1.54, 1.807) is 6.07 Å². The van der Waals surface area contributed by atoms with Crippen molar-refractivity contribution in [2.45, 2.75) is 20.3 Å². The van der Waals surface area contributed by atoms with Gasteiger partial charge in [-0.2, -0.15) is 0 Å². The standard InChI is InChI=1S/C13H20N4O2/c1-3-16-7-6-11(9-16)8-14-13-12(17(18)19)5-4-10(2)15-13/h4-5,11H,3,6-9H2,1-2H3,(H,14,15). The van der Waals surface area contributed by atoms with E-state index < -0.39 is 0 Å². The minimum absolute atomic E-state index is 0.0518. The molecule has 2 heterocycles. The predicted octanol–water partition coefficient (Wildman–Crippen LogP) is 2.05. The van der Waals surface area contributed by atoms with E-state index in [-0.39, 0.29) is 10.6 Å². The Balaban J connectivity index is 1.99. The smallest absolute Gasteiger partial charge is 0.311 e. The van der Waals surface area contributed by atoms with E-state index in [0.29, 0.717) is 11.7 Å². The lowest BCUT2D eigenvalue weighted by Gasteiger charge is -2.14. The molecule has 1 aromatic rings. The molecule has 19 heavy (non-hydrogen) atoms. The Bertz CT molecular complexity index is 464. The van der Waals surface area contributed by atoms with E-state index in [2.05, 4.69) is 22.1 Å². The molecule has 1 aliphatic rings. The lowest BCUT2D eigenvalue weighted by molar-refractivity contribution is -0.384. The Morgan fingerprint density at radius 3 is 3.00 bits per heavy atom. The fraction of sp³-hybridized carbons (Fsp3) is 0.615. The van der Waals surface area contributed by atoms with Crippen molar-refractivity contribution in [3.05, 3.63) is 27.9 Å². The van der Waals surface area contributed by atoms with E-state index in [9.17, 15) is 10.1 Å². The van der Waals surface area contributed by atoms with Gasteiger partial charge in [0.15, 0.2) is 0 Å². The molecule has 1 aromatic heterocycles. The molecule has 6 nitrogen and oxygen atoms in total. The second kappa shape index (κ2) is 5.97. The molecule has 1 fully saturated rings. The number of hydrogen-bond donors (Lipinski definition) is 1. The highest BCUT2D eigenvalue weighted by atomic mass is 16.6. The summed E-state index contributed by atoms with van der Waals surface area (Å²) >= 11 is 0. The largest absolute Gasteiger partial charge is 0.364 e. The lowest BCUT2D eigenvalue weighted by Crippen LogP contribution is -2.22. The van der Waals surface area contributed by atoms with Crippen LogP contribution in [0.2, 0.25) is 0 Å². The van der Waals surface area contributed by atoms with Gasteiger partial charge >= 0.3 is 5.69 Å². The zero-order valence-corrected chi connectivity index (χ0v) is 11.4. The fourth-order valence-electron chi connectivity index (χ4n) is 2.43. The zero-order valence-electron chi connectivity index (χ0n) is 11.4. The maximum Gasteiger partial charge on any atom is 0.311 e. The average molecular weight is 264 g/mol. The zero-order chi connectivity index (χ0) is 13.8. The molecule has 6 heteroatoms. The number of nitrogens with zero attached hydrogens (tertiary/aromatic N) is 3. The predicted molar refractivity (Wildman–Crippen MR) is 74.3 cm³/mol. The Morgan fingerprint density at radius 2 is 2.37 bits per heavy atom. The third-order valence-corrected chi connectivity index (χ3v) is 3.59. The van der Waals surface area contributed by atoms with Gasteiger partial charge in [0.1, 0.15) is 0 Å². The summed E-state index contributed by atoms with van der Waals surface area (Å²) in [5, 5.41) is 14.1. The van der Waals surface area contributed by atoms with E-state index in [0.717, 1.165) is 38.3 Å². The fourth-order valence-corrected chi connectivity index (χ4v) is 2.43. The number of nitro groups is 1. The molecule has 104 valence electrons. The summed E-state index contributed by atoms with van der Waals surface area (Å²) < 4.78 is 0. The first-order valence-electron chi connectivity index (χ1n) is 6.68. The highest BCUT2D eigenvalue weighted by Gasteiger charge is 2.22. The number of nitrogens with one attached hydrogen (secondary N) is 1. The van der Waals surface area contributed by atoms with Crippen molar-refractivity contribution in [3.63, 3.8) is 0 Å². The van der Waals surface area contributed by atoms with Crippen molar-refractivity contribution in [2.24, 2.45) is 5.92 Å². The summed E-state index contributed by atoms with van der Waals surface area (Å²) in [4.78, 5) is 17.2. The third kappa shape index (κ3) is 3.41. The molecule has 0 aliphatic carbocycles. The second-order valence-electron chi connectivity index (χ2n) is 5.01. The van der Waals surface area contributed by atoms with E-state index in [1.807, 2.05) is 6.92 Å². The maximum atomic E-state index is 10.9. The first kappa shape index (κ1) is 13.7. The maximum absolute atomic E-state index is 10.9. The number of pyridine rings is 1. The van der Waals surface area contributed by atoms with Gasteiger partial charge in [0.25, 0.3) is 0 Å². The van der Waals surface area contributed by atoms with Gasteiger partial charge in [-0.3, -0.25) is 10.1 Å². The van der Waals surface area contributed by atoms with Gasteiger partial charge in [-0.15, -0.1) is 0 Å². The van der Waals surface area contributed by atoms with Crippen molar-refractivity contribution in [1.82, 2.24) is 9.88 Å². The number of aryl methyl sites for hydroxylation is 1. The van der Waals surface area contributed by atoms with E-state index in [4.69, 9.17) is 0 Å². The normalized spacial score (nSPS) is 19.6. The molecule has 2 rings (SSSR count). The Kier molecular flexibility index (Phi) is 4.31. The van der Waals surface area contributed by atoms with Crippen LogP contribution < -0.4 is 5.32 Å². The van der Waals surface area contributed by atoms with Crippen molar-refractivity contribution in [3.8, 4) is 0 Å². The molecule has 0 bridgehead atoms. The van der Waals surface area contributed by atoms with Gasteiger partial charge in [-0.25, -0.2) is 4.98 Å². The van der Waals surface area contributed by atoms with Gasteiger partial charge < -0.3 is 10.2 Å². The number of aromatic nitrogens is 1. The van der Waals surface area contributed by atoms with Gasteiger partial charge in [0.2, 0.25) is 5.82 Å². The first-order valence-corrected chi connectivity index (χ1v) is 6.68. The first-order chi connectivity index (χ1) is 9.10. The van der Waals surface area contributed by atoms with Crippen LogP contribution in [0.4, 0.5) is 11.5 Å². The van der Waals surface area contributed by atoms with Crippen LogP contribution in [0.25, 0.3) is 0 Å². The van der Waals surface area contributed by atoms with Crippen LogP contribution in [0.5, 0.6) is 0 Å². The number of anilines is 1. The summed E-state index contributed by atoms with van der Waals surface area (Å²) in [6, 6.07) is 3.18. The molecule has 0 spiro atoms. The van der Waals surface area contributed by atoms with Crippen LogP contribution in [0, 0.1) is 23.0 Å². The lowest BCUT2D eigenvalue weighted by atomic mass is 10.1. The highest BCUT2D eigenvalue weighted by molar-refractivity contribution is 5.56. The highest BCUT2D eigenvalue weighted by Crippen LogP contribution is 2.23. The van der Waals surface area contributed by atoms with Crippen molar-refractivity contribution < 1.29 is 4.92 Å². The summed E-state index contributed by atoms with van der Waals surface area (Å²) in [7, 11) is 0. The van der Waals surface area contributed by atoms with Crippen LogP contribution in [0.3, 0.4) is 0 Å². The topological polar surface area (TPSA) is 71.3 Å². The molecule has 1 aliphatic heterocycles. The van der Waals surface area contributed by atoms with Crippen LogP contribution in [-0.4, -0.2) is 41.0 Å². The van der Waals surface area contributed by atoms with E-state index >= 15 is 0 Å². The summed E-state index contributed by atoms with van der Waals surface area (Å²) in [5.74, 6) is 0.932. The monoisotopic (exact) mass is 264 g/mol. The molecule has 1 unspecified atom stereocenters. The van der Waals surface area contributed by atoms with Crippen molar-refractivity contribution >= 4 is 11.5 Å². The molecule has 1 N–H and O–H groups in total. The van der Waals surface area contributed by atoms with Gasteiger partial charge in [0, 0.05) is 24.8 Å². The van der Waals surface area contributed by atoms with Crippen molar-refractivity contribution in [2.75, 3.05) is 31.5 Å². The Labute approximate surface area is 113 Å². The van der Waals surface area contributed by atoms with Crippen LogP contribution in [-0.2, 0) is 0 Å². The molecule has 0 aromatic carbocycles. The van der Waals surface area contributed by atoms with Crippen molar-refractivity contribution in [1.29, 1.82) is 0 Å². The van der Waals surface area contributed by atoms with Crippen LogP contribution in [0.1, 0.15) is 19.0 Å². The number of hydrogen-bond acceptors (Lipinski definition) is 5. The third-order valence-electron chi connectivity index (χ3n) is 3.59.